The number of nitrogens with one attached hydrogen (secondary N) is 1. The van der Waals surface area contributed by atoms with Crippen molar-refractivity contribution < 1.29 is 4.79 Å². The second kappa shape index (κ2) is 7.38. The van der Waals surface area contributed by atoms with Gasteiger partial charge in [-0.15, -0.1) is 0 Å². The van der Waals surface area contributed by atoms with Crippen molar-refractivity contribution in [2.45, 2.75) is 19.8 Å². The molecule has 0 unspecified atom stereocenters. The average Bonchev–Trinajstić information content (AvgIpc) is 2.53. The molecule has 0 bridgehead atoms. The Bertz CT molecular complexity index is 586. The smallest absolute Gasteiger partial charge is 0.274 e. The molecule has 21 heavy (non-hydrogen) atoms. The van der Waals surface area contributed by atoms with Crippen molar-refractivity contribution in [2.75, 3.05) is 23.8 Å². The van der Waals surface area contributed by atoms with Gasteiger partial charge in [0.15, 0.2) is 0 Å². The zero-order valence-corrected chi connectivity index (χ0v) is 12.4. The highest BCUT2D eigenvalue weighted by Crippen LogP contribution is 2.10. The van der Waals surface area contributed by atoms with Crippen LogP contribution in [0.15, 0.2) is 42.6 Å². The highest BCUT2D eigenvalue weighted by Gasteiger charge is 2.11. The monoisotopic (exact) mass is 284 g/mol. The molecule has 0 fully saturated rings. The second-order valence-electron chi connectivity index (χ2n) is 4.84. The Morgan fingerprint density at radius 2 is 2.00 bits per heavy atom. The zero-order valence-electron chi connectivity index (χ0n) is 12.4. The van der Waals surface area contributed by atoms with Crippen LogP contribution in [0.3, 0.4) is 0 Å². The number of hydrogen-bond acceptors (Lipinski definition) is 4. The first-order chi connectivity index (χ1) is 10.2. The van der Waals surface area contributed by atoms with Crippen LogP contribution >= 0.6 is 0 Å². The molecular weight excluding hydrogens is 264 g/mol. The van der Waals surface area contributed by atoms with Gasteiger partial charge in [0.1, 0.15) is 5.69 Å². The van der Waals surface area contributed by atoms with Gasteiger partial charge in [0.05, 0.1) is 0 Å². The summed E-state index contributed by atoms with van der Waals surface area (Å²) in [5, 5.41) is 2.82. The van der Waals surface area contributed by atoms with Gasteiger partial charge in [-0.3, -0.25) is 4.79 Å². The van der Waals surface area contributed by atoms with E-state index in [9.17, 15) is 4.79 Å². The molecule has 0 spiro atoms. The number of carbonyl (C=O) groups is 1. The van der Waals surface area contributed by atoms with Crippen molar-refractivity contribution in [1.82, 2.24) is 9.97 Å². The number of hydrogen-bond donors (Lipinski definition) is 1. The summed E-state index contributed by atoms with van der Waals surface area (Å²) in [6.45, 7) is 3.01. The molecule has 0 saturated carbocycles. The summed E-state index contributed by atoms with van der Waals surface area (Å²) in [7, 11) is 1.93. The van der Waals surface area contributed by atoms with Crippen LogP contribution in [0.5, 0.6) is 0 Å². The van der Waals surface area contributed by atoms with E-state index in [0.29, 0.717) is 11.6 Å². The van der Waals surface area contributed by atoms with Gasteiger partial charge < -0.3 is 10.2 Å². The first kappa shape index (κ1) is 15.0. The Kier molecular flexibility index (Phi) is 5.26. The SMILES string of the molecule is CCCCN(C)c1nccc(C(=O)Nc2ccccc2)n1. The first-order valence-electron chi connectivity index (χ1n) is 7.11. The van der Waals surface area contributed by atoms with E-state index in [-0.39, 0.29) is 5.91 Å². The second-order valence-corrected chi connectivity index (χ2v) is 4.84. The van der Waals surface area contributed by atoms with Crippen molar-refractivity contribution in [1.29, 1.82) is 0 Å². The van der Waals surface area contributed by atoms with Gasteiger partial charge in [0.2, 0.25) is 5.95 Å². The molecule has 1 heterocycles. The molecule has 0 aliphatic heterocycles. The lowest BCUT2D eigenvalue weighted by Gasteiger charge is -2.16. The number of amides is 1. The third-order valence-electron chi connectivity index (χ3n) is 3.10. The van der Waals surface area contributed by atoms with Crippen LogP contribution < -0.4 is 10.2 Å². The first-order valence-corrected chi connectivity index (χ1v) is 7.11. The molecule has 0 saturated heterocycles. The summed E-state index contributed by atoms with van der Waals surface area (Å²) in [5.74, 6) is 0.345. The van der Waals surface area contributed by atoms with E-state index < -0.39 is 0 Å². The summed E-state index contributed by atoms with van der Waals surface area (Å²) in [5.41, 5.74) is 1.12. The lowest BCUT2D eigenvalue weighted by atomic mass is 10.3. The maximum Gasteiger partial charge on any atom is 0.274 e. The van der Waals surface area contributed by atoms with E-state index in [1.54, 1.807) is 12.3 Å². The van der Waals surface area contributed by atoms with Crippen LogP contribution in [0.4, 0.5) is 11.6 Å². The van der Waals surface area contributed by atoms with E-state index in [1.807, 2.05) is 42.3 Å². The minimum absolute atomic E-state index is 0.228. The molecule has 0 radical (unpaired) electrons. The molecular formula is C16H20N4O. The Morgan fingerprint density at radius 3 is 2.71 bits per heavy atom. The molecule has 110 valence electrons. The quantitative estimate of drug-likeness (QED) is 0.886. The number of benzene rings is 1. The normalized spacial score (nSPS) is 10.2. The van der Waals surface area contributed by atoms with Gasteiger partial charge in [0.25, 0.3) is 5.91 Å². The summed E-state index contributed by atoms with van der Waals surface area (Å²) in [6.07, 6.45) is 3.80. The fraction of sp³-hybridized carbons (Fsp3) is 0.312. The Balaban J connectivity index is 2.08. The van der Waals surface area contributed by atoms with Crippen molar-refractivity contribution >= 4 is 17.5 Å². The van der Waals surface area contributed by atoms with Crippen molar-refractivity contribution in [3.63, 3.8) is 0 Å². The molecule has 0 atom stereocenters. The molecule has 1 amide bonds. The summed E-state index contributed by atoms with van der Waals surface area (Å²) >= 11 is 0. The Morgan fingerprint density at radius 1 is 1.24 bits per heavy atom. The average molecular weight is 284 g/mol. The number of carbonyl (C=O) groups excluding carboxylic acids is 1. The maximum atomic E-state index is 12.2. The molecule has 2 aromatic rings. The van der Waals surface area contributed by atoms with Gasteiger partial charge in [-0.2, -0.15) is 0 Å². The van der Waals surface area contributed by atoms with Crippen molar-refractivity contribution in [2.24, 2.45) is 0 Å². The third kappa shape index (κ3) is 4.27. The molecule has 5 nitrogen and oxygen atoms in total. The fourth-order valence-electron chi connectivity index (χ4n) is 1.87. The number of para-hydroxylation sites is 1. The zero-order chi connectivity index (χ0) is 15.1. The van der Waals surface area contributed by atoms with Crippen molar-refractivity contribution in [3.8, 4) is 0 Å². The van der Waals surface area contributed by atoms with Gasteiger partial charge in [-0.05, 0) is 24.6 Å². The minimum atomic E-state index is -0.228. The third-order valence-corrected chi connectivity index (χ3v) is 3.10. The molecule has 0 aliphatic carbocycles. The van der Waals surface area contributed by atoms with E-state index in [2.05, 4.69) is 22.2 Å². The highest BCUT2D eigenvalue weighted by atomic mass is 16.1. The van der Waals surface area contributed by atoms with Gasteiger partial charge in [-0.1, -0.05) is 31.5 Å². The fourth-order valence-corrected chi connectivity index (χ4v) is 1.87. The Hall–Kier alpha value is -2.43. The largest absolute Gasteiger partial charge is 0.344 e. The summed E-state index contributed by atoms with van der Waals surface area (Å²) < 4.78 is 0. The van der Waals surface area contributed by atoms with Crippen LogP contribution in [0.2, 0.25) is 0 Å². The maximum absolute atomic E-state index is 12.2. The van der Waals surface area contributed by atoms with Crippen LogP contribution in [-0.4, -0.2) is 29.5 Å². The lowest BCUT2D eigenvalue weighted by molar-refractivity contribution is 0.102. The molecule has 5 heteroatoms. The van der Waals surface area contributed by atoms with Crippen LogP contribution in [0.25, 0.3) is 0 Å². The van der Waals surface area contributed by atoms with Gasteiger partial charge in [-0.25, -0.2) is 9.97 Å². The minimum Gasteiger partial charge on any atom is -0.344 e. The number of rotatable bonds is 6. The summed E-state index contributed by atoms with van der Waals surface area (Å²) in [6, 6.07) is 11.0. The highest BCUT2D eigenvalue weighted by molar-refractivity contribution is 6.02. The molecule has 1 N–H and O–H groups in total. The molecule has 1 aromatic heterocycles. The van der Waals surface area contributed by atoms with Gasteiger partial charge in [0, 0.05) is 25.5 Å². The van der Waals surface area contributed by atoms with Crippen LogP contribution in [-0.2, 0) is 0 Å². The standard InChI is InChI=1S/C16H20N4O/c1-3-4-12-20(2)16-17-11-10-14(19-16)15(21)18-13-8-6-5-7-9-13/h5-11H,3-4,12H2,1-2H3,(H,18,21). The molecule has 2 rings (SSSR count). The van der Waals surface area contributed by atoms with Crippen LogP contribution in [0.1, 0.15) is 30.3 Å². The lowest BCUT2D eigenvalue weighted by Crippen LogP contribution is -2.22. The van der Waals surface area contributed by atoms with E-state index in [0.717, 1.165) is 25.1 Å². The molecule has 0 aliphatic rings. The van der Waals surface area contributed by atoms with E-state index in [4.69, 9.17) is 0 Å². The van der Waals surface area contributed by atoms with Crippen molar-refractivity contribution in [3.05, 3.63) is 48.3 Å². The van der Waals surface area contributed by atoms with E-state index >= 15 is 0 Å². The number of aromatic nitrogens is 2. The number of unbranched alkanes of at least 4 members (excludes halogenated alkanes) is 1. The van der Waals surface area contributed by atoms with E-state index in [1.165, 1.54) is 0 Å². The Labute approximate surface area is 125 Å². The predicted molar refractivity (Wildman–Crippen MR) is 84.6 cm³/mol. The van der Waals surface area contributed by atoms with Gasteiger partial charge >= 0.3 is 0 Å². The predicted octanol–water partition coefficient (Wildman–Crippen LogP) is 2.97. The van der Waals surface area contributed by atoms with Crippen LogP contribution in [0, 0.1) is 0 Å². The number of anilines is 2. The topological polar surface area (TPSA) is 58.1 Å². The number of nitrogens with zero attached hydrogens (tertiary/aromatic N) is 3. The molecule has 1 aromatic carbocycles. The summed E-state index contributed by atoms with van der Waals surface area (Å²) in [4.78, 5) is 22.7.